The number of amides is 2. The van der Waals surface area contributed by atoms with Crippen LogP contribution in [0.25, 0.3) is 11.4 Å². The van der Waals surface area contributed by atoms with E-state index in [1.807, 2.05) is 0 Å². The molecule has 0 N–H and O–H groups in total. The van der Waals surface area contributed by atoms with Gasteiger partial charge in [0.05, 0.1) is 11.6 Å². The van der Waals surface area contributed by atoms with E-state index in [9.17, 15) is 18.0 Å². The number of sulfone groups is 1. The molecule has 0 unspecified atom stereocenters. The minimum Gasteiger partial charge on any atom is -0.345 e. The van der Waals surface area contributed by atoms with Crippen molar-refractivity contribution < 1.29 is 18.0 Å². The average Bonchev–Trinajstić information content (AvgIpc) is 3.11. The van der Waals surface area contributed by atoms with Crippen LogP contribution in [-0.4, -0.2) is 77.9 Å². The van der Waals surface area contributed by atoms with E-state index in [2.05, 4.69) is 15.0 Å². The van der Waals surface area contributed by atoms with Gasteiger partial charge in [0.1, 0.15) is 4.90 Å². The molecule has 31 heavy (non-hydrogen) atoms. The normalized spacial score (nSPS) is 20.3. The van der Waals surface area contributed by atoms with Gasteiger partial charge in [0.15, 0.2) is 15.7 Å². The molecular formula is C21H25N5O4S. The largest absolute Gasteiger partial charge is 0.345 e. The molecule has 0 bridgehead atoms. The van der Waals surface area contributed by atoms with Gasteiger partial charge < -0.3 is 9.80 Å². The van der Waals surface area contributed by atoms with E-state index in [4.69, 9.17) is 0 Å². The lowest BCUT2D eigenvalue weighted by molar-refractivity contribution is -0.136. The van der Waals surface area contributed by atoms with Gasteiger partial charge in [0.25, 0.3) is 0 Å². The number of hydrogen-bond acceptors (Lipinski definition) is 7. The molecule has 9 nitrogen and oxygen atoms in total. The van der Waals surface area contributed by atoms with Gasteiger partial charge in [-0.1, -0.05) is 0 Å². The minimum atomic E-state index is -3.50. The molecule has 2 aliphatic heterocycles. The Bertz CT molecular complexity index is 1100. The molecular weight excluding hydrogens is 418 g/mol. The van der Waals surface area contributed by atoms with Gasteiger partial charge in [-0.05, 0) is 25.0 Å². The molecule has 0 radical (unpaired) electrons. The molecule has 0 aromatic carbocycles. The maximum Gasteiger partial charge on any atom is 0.227 e. The van der Waals surface area contributed by atoms with Crippen LogP contribution in [0.2, 0.25) is 0 Å². The van der Waals surface area contributed by atoms with Crippen LogP contribution in [0.4, 0.5) is 0 Å². The van der Waals surface area contributed by atoms with Crippen LogP contribution in [-0.2, 0) is 19.4 Å². The Kier molecular flexibility index (Phi) is 5.74. The Morgan fingerprint density at radius 2 is 1.84 bits per heavy atom. The van der Waals surface area contributed by atoms with Crippen molar-refractivity contribution in [3.05, 3.63) is 36.4 Å². The minimum absolute atomic E-state index is 0.000325. The topological polar surface area (TPSA) is 113 Å². The molecule has 2 aromatic rings. The van der Waals surface area contributed by atoms with Crippen molar-refractivity contribution in [3.8, 4) is 11.4 Å². The number of nitrogens with zero attached hydrogens (tertiary/aromatic N) is 5. The van der Waals surface area contributed by atoms with E-state index < -0.39 is 9.84 Å². The first kappa shape index (κ1) is 21.4. The second-order valence-corrected chi connectivity index (χ2v) is 10.2. The summed E-state index contributed by atoms with van der Waals surface area (Å²) in [7, 11) is -1.79. The Morgan fingerprint density at radius 1 is 1.16 bits per heavy atom. The monoisotopic (exact) mass is 443 g/mol. The standard InChI is InChI=1S/C21H25N5O4S/c1-25-13-16(11-18(25)27)21(28)26-9-5-14(6-10-26)19-17(31(2,29)30)12-23-20(24-19)15-3-7-22-8-4-15/h3-4,7-8,12,14,16H,5-6,9-11,13H2,1-2H3/t16-/m0/s1. The number of pyridine rings is 1. The number of carbonyl (C=O) groups excluding carboxylic acids is 2. The van der Waals surface area contributed by atoms with Crippen molar-refractivity contribution in [1.82, 2.24) is 24.8 Å². The summed E-state index contributed by atoms with van der Waals surface area (Å²) in [4.78, 5) is 41.0. The number of piperidine rings is 1. The Hall–Kier alpha value is -2.88. The first-order valence-electron chi connectivity index (χ1n) is 10.2. The molecule has 2 aromatic heterocycles. The van der Waals surface area contributed by atoms with E-state index >= 15 is 0 Å². The molecule has 164 valence electrons. The fourth-order valence-corrected chi connectivity index (χ4v) is 5.10. The average molecular weight is 444 g/mol. The van der Waals surface area contributed by atoms with E-state index in [-0.39, 0.29) is 35.0 Å². The lowest BCUT2D eigenvalue weighted by atomic mass is 9.92. The number of rotatable bonds is 4. The number of hydrogen-bond donors (Lipinski definition) is 0. The molecule has 0 spiro atoms. The van der Waals surface area contributed by atoms with Crippen molar-refractivity contribution in [1.29, 1.82) is 0 Å². The quantitative estimate of drug-likeness (QED) is 0.696. The summed E-state index contributed by atoms with van der Waals surface area (Å²) in [5, 5.41) is 0. The summed E-state index contributed by atoms with van der Waals surface area (Å²) < 4.78 is 24.7. The summed E-state index contributed by atoms with van der Waals surface area (Å²) in [5.41, 5.74) is 1.27. The smallest absolute Gasteiger partial charge is 0.227 e. The Morgan fingerprint density at radius 3 is 2.42 bits per heavy atom. The summed E-state index contributed by atoms with van der Waals surface area (Å²) in [6, 6.07) is 3.56. The summed E-state index contributed by atoms with van der Waals surface area (Å²) in [6.07, 6.45) is 7.29. The number of likely N-dealkylation sites (tertiary alicyclic amines) is 2. The highest BCUT2D eigenvalue weighted by atomic mass is 32.2. The number of aromatic nitrogens is 3. The van der Waals surface area contributed by atoms with Gasteiger partial charge in [0.2, 0.25) is 11.8 Å². The predicted molar refractivity (Wildman–Crippen MR) is 113 cm³/mol. The van der Waals surface area contributed by atoms with E-state index in [0.717, 1.165) is 11.8 Å². The van der Waals surface area contributed by atoms with Gasteiger partial charge in [-0.2, -0.15) is 0 Å². The molecule has 2 amide bonds. The molecule has 0 aliphatic carbocycles. The Balaban J connectivity index is 1.54. The molecule has 2 saturated heterocycles. The summed E-state index contributed by atoms with van der Waals surface area (Å²) in [5.74, 6) is 0.0642. The van der Waals surface area contributed by atoms with Crippen LogP contribution in [0.1, 0.15) is 30.9 Å². The van der Waals surface area contributed by atoms with Crippen molar-refractivity contribution in [3.63, 3.8) is 0 Å². The van der Waals surface area contributed by atoms with Gasteiger partial charge in [-0.15, -0.1) is 0 Å². The molecule has 2 aliphatic rings. The van der Waals surface area contributed by atoms with Crippen molar-refractivity contribution in [2.24, 2.45) is 5.92 Å². The van der Waals surface area contributed by atoms with Crippen molar-refractivity contribution in [2.45, 2.75) is 30.1 Å². The predicted octanol–water partition coefficient (Wildman–Crippen LogP) is 1.13. The highest BCUT2D eigenvalue weighted by Gasteiger charge is 2.37. The Labute approximate surface area is 181 Å². The van der Waals surface area contributed by atoms with Crippen LogP contribution < -0.4 is 0 Å². The molecule has 4 heterocycles. The third-order valence-electron chi connectivity index (χ3n) is 6.00. The zero-order chi connectivity index (χ0) is 22.2. The zero-order valence-electron chi connectivity index (χ0n) is 17.6. The van der Waals surface area contributed by atoms with E-state index in [1.165, 1.54) is 6.20 Å². The first-order valence-corrected chi connectivity index (χ1v) is 12.1. The second-order valence-electron chi connectivity index (χ2n) is 8.23. The van der Waals surface area contributed by atoms with Gasteiger partial charge in [0, 0.05) is 69.4 Å². The second kappa shape index (κ2) is 8.33. The first-order chi connectivity index (χ1) is 14.7. The highest BCUT2D eigenvalue weighted by Crippen LogP contribution is 2.33. The SMILES string of the molecule is CN1C[C@@H](C(=O)N2CCC(c3nc(-c4ccncc4)ncc3S(C)(=O)=O)CC2)CC1=O. The van der Waals surface area contributed by atoms with Crippen LogP contribution in [0.3, 0.4) is 0 Å². The third kappa shape index (κ3) is 4.43. The fraction of sp³-hybridized carbons (Fsp3) is 0.476. The van der Waals surface area contributed by atoms with E-state index in [1.54, 1.807) is 41.4 Å². The maximum absolute atomic E-state index is 12.8. The molecule has 10 heteroatoms. The van der Waals surface area contributed by atoms with Crippen LogP contribution in [0.5, 0.6) is 0 Å². The van der Waals surface area contributed by atoms with Gasteiger partial charge >= 0.3 is 0 Å². The van der Waals surface area contributed by atoms with Crippen molar-refractivity contribution in [2.75, 3.05) is 32.9 Å². The summed E-state index contributed by atoms with van der Waals surface area (Å²) >= 11 is 0. The fourth-order valence-electron chi connectivity index (χ4n) is 4.26. The molecule has 0 saturated carbocycles. The van der Waals surface area contributed by atoms with Crippen LogP contribution in [0.15, 0.2) is 35.6 Å². The lowest BCUT2D eigenvalue weighted by Crippen LogP contribution is -2.42. The number of carbonyl (C=O) groups is 2. The lowest BCUT2D eigenvalue weighted by Gasteiger charge is -2.33. The van der Waals surface area contributed by atoms with Crippen LogP contribution in [0, 0.1) is 5.92 Å². The van der Waals surface area contributed by atoms with Gasteiger partial charge in [-0.25, -0.2) is 18.4 Å². The highest BCUT2D eigenvalue weighted by molar-refractivity contribution is 7.90. The molecule has 2 fully saturated rings. The van der Waals surface area contributed by atoms with Gasteiger partial charge in [-0.3, -0.25) is 14.6 Å². The molecule has 4 rings (SSSR count). The third-order valence-corrected chi connectivity index (χ3v) is 7.12. The van der Waals surface area contributed by atoms with E-state index in [0.29, 0.717) is 44.0 Å². The summed E-state index contributed by atoms with van der Waals surface area (Å²) in [6.45, 7) is 1.47. The van der Waals surface area contributed by atoms with Crippen LogP contribution >= 0.6 is 0 Å². The zero-order valence-corrected chi connectivity index (χ0v) is 18.4. The van der Waals surface area contributed by atoms with Crippen molar-refractivity contribution >= 4 is 21.7 Å². The molecule has 1 atom stereocenters. The maximum atomic E-state index is 12.8.